The van der Waals surface area contributed by atoms with Gasteiger partial charge in [-0.25, -0.2) is 43.4 Å². The standard InChI is InChI=1S/C25H26N2O5S2.C21H23N3O6S2/c1-4-6-14-27-24(28)21(23(34(27,30)31)17-10-8-7-9-11-17)26-18-12-13-20-19(15-18)16(3)22(33-20)25(29)32-5-2;1-3-4-14-24-21(26)19(20(32(24,29)30)16-8-6-5-7-9-16)22-17-10-12-18(13-11-17)31(27,28)23-15(2)25/h7-13,15,26H,4-6,14H2,1-3H3;5-13,22H,3-4,14H2,1-2H3,(H,23,25). The summed E-state index contributed by atoms with van der Waals surface area (Å²) in [6.45, 7) is 9.02. The van der Waals surface area contributed by atoms with E-state index < -0.39 is 47.8 Å². The molecule has 0 atom stereocenters. The first kappa shape index (κ1) is 49.1. The molecule has 0 saturated carbocycles. The van der Waals surface area contributed by atoms with Crippen molar-refractivity contribution in [3.8, 4) is 0 Å². The van der Waals surface area contributed by atoms with Gasteiger partial charge < -0.3 is 15.4 Å². The van der Waals surface area contributed by atoms with Crippen LogP contribution in [-0.4, -0.2) is 77.3 Å². The third-order valence-corrected chi connectivity index (χ3v) is 16.8. The molecule has 0 fully saturated rings. The fourth-order valence-corrected chi connectivity index (χ4v) is 12.7. The fraction of sp³-hybridized carbons (Fsp3) is 0.261. The number of hydrogen-bond acceptors (Lipinski definition) is 14. The van der Waals surface area contributed by atoms with Crippen molar-refractivity contribution in [1.82, 2.24) is 13.3 Å². The summed E-state index contributed by atoms with van der Waals surface area (Å²) in [5, 5.41) is 6.77. The smallest absolute Gasteiger partial charge is 0.348 e. The zero-order chi connectivity index (χ0) is 48.0. The Bertz CT molecular complexity index is 3080. The van der Waals surface area contributed by atoms with E-state index in [2.05, 4.69) is 10.6 Å². The van der Waals surface area contributed by atoms with Crippen LogP contribution in [0, 0.1) is 6.92 Å². The minimum Gasteiger partial charge on any atom is -0.462 e. The number of nitrogens with zero attached hydrogens (tertiary/aromatic N) is 2. The third-order valence-electron chi connectivity index (χ3n) is 10.3. The average Bonchev–Trinajstić information content (AvgIpc) is 3.78. The van der Waals surface area contributed by atoms with Crippen molar-refractivity contribution < 1.29 is 49.2 Å². The van der Waals surface area contributed by atoms with Crippen molar-refractivity contribution in [3.63, 3.8) is 0 Å². The molecular weight excluding hydrogens is 927 g/mol. The van der Waals surface area contributed by atoms with Gasteiger partial charge in [0.2, 0.25) is 5.91 Å². The van der Waals surface area contributed by atoms with E-state index in [0.717, 1.165) is 37.6 Å². The second-order valence-corrected chi connectivity index (χ2v) is 21.4. The Kier molecular flexibility index (Phi) is 15.2. The van der Waals surface area contributed by atoms with Crippen LogP contribution in [0.5, 0.6) is 0 Å². The van der Waals surface area contributed by atoms with Gasteiger partial charge in [0.05, 0.1) is 11.5 Å². The summed E-state index contributed by atoms with van der Waals surface area (Å²) in [6.07, 6.45) is 2.58. The third kappa shape index (κ3) is 10.2. The molecule has 0 radical (unpaired) electrons. The van der Waals surface area contributed by atoms with Crippen LogP contribution in [-0.2, 0) is 49.2 Å². The molecule has 7 rings (SSSR count). The van der Waals surface area contributed by atoms with Crippen molar-refractivity contribution in [1.29, 1.82) is 0 Å². The summed E-state index contributed by atoms with van der Waals surface area (Å²) < 4.78 is 87.1. The molecule has 1 aromatic heterocycles. The average molecular weight is 976 g/mol. The number of carbonyl (C=O) groups is 4. The zero-order valence-electron chi connectivity index (χ0n) is 36.8. The maximum absolute atomic E-state index is 13.4. The normalized spacial score (nSPS) is 15.5. The lowest BCUT2D eigenvalue weighted by molar-refractivity contribution is -0.122. The van der Waals surface area contributed by atoms with Crippen molar-refractivity contribution in [2.45, 2.75) is 65.2 Å². The Morgan fingerprint density at radius 2 is 1.15 bits per heavy atom. The number of ether oxygens (including phenoxy) is 1. The number of sulfonamides is 3. The van der Waals surface area contributed by atoms with Crippen molar-refractivity contribution in [2.75, 3.05) is 30.3 Å². The fourth-order valence-electron chi connectivity index (χ4n) is 7.12. The lowest BCUT2D eigenvalue weighted by Crippen LogP contribution is -2.33. The summed E-state index contributed by atoms with van der Waals surface area (Å²) in [4.78, 5) is 49.9. The topological polar surface area (TPSA) is 222 Å². The number of aryl methyl sites for hydroxylation is 1. The number of unbranched alkanes of at least 4 members (excludes halogenated alkanes) is 2. The molecule has 2 aliphatic heterocycles. The lowest BCUT2D eigenvalue weighted by atomic mass is 10.1. The minimum atomic E-state index is -4.06. The molecular formula is C46H49N5O11S4. The van der Waals surface area contributed by atoms with Gasteiger partial charge in [-0.3, -0.25) is 14.4 Å². The molecule has 0 bridgehead atoms. The number of thiophene rings is 1. The van der Waals surface area contributed by atoms with Gasteiger partial charge in [0.15, 0.2) is 0 Å². The Morgan fingerprint density at radius 1 is 0.682 bits per heavy atom. The molecule has 0 spiro atoms. The highest BCUT2D eigenvalue weighted by Gasteiger charge is 2.45. The Labute approximate surface area is 388 Å². The van der Waals surface area contributed by atoms with Crippen LogP contribution in [0.1, 0.15) is 79.7 Å². The first-order valence-corrected chi connectivity index (χ1v) is 26.2. The molecule has 0 aliphatic carbocycles. The number of esters is 1. The second-order valence-electron chi connectivity index (χ2n) is 15.0. The SMILES string of the molecule is CCCCN1C(=O)C(Nc2ccc(S(=O)(=O)NC(C)=O)cc2)=C(c2ccccc2)S1(=O)=O.CCCCN1C(=O)C(Nc2ccc3sc(C(=O)OCC)c(C)c3c2)=C(c2ccccc2)S1(=O)=O. The zero-order valence-corrected chi connectivity index (χ0v) is 40.0. The molecule has 348 valence electrons. The van der Waals surface area contributed by atoms with E-state index in [1.807, 2.05) is 37.6 Å². The summed E-state index contributed by atoms with van der Waals surface area (Å²) in [6, 6.07) is 27.7. The predicted octanol–water partition coefficient (Wildman–Crippen LogP) is 7.40. The van der Waals surface area contributed by atoms with Crippen molar-refractivity contribution in [3.05, 3.63) is 136 Å². The van der Waals surface area contributed by atoms with E-state index in [-0.39, 0.29) is 45.2 Å². The molecule has 2 aliphatic rings. The maximum Gasteiger partial charge on any atom is 0.348 e. The summed E-state index contributed by atoms with van der Waals surface area (Å²) in [5.74, 6) is -2.33. The number of amides is 3. The molecule has 3 N–H and O–H groups in total. The predicted molar refractivity (Wildman–Crippen MR) is 255 cm³/mol. The van der Waals surface area contributed by atoms with Crippen LogP contribution < -0.4 is 15.4 Å². The number of fused-ring (bicyclic) bond motifs is 1. The molecule has 16 nitrogen and oxygen atoms in total. The van der Waals surface area contributed by atoms with Crippen LogP contribution >= 0.6 is 11.3 Å². The first-order valence-electron chi connectivity index (χ1n) is 21.0. The summed E-state index contributed by atoms with van der Waals surface area (Å²) in [5.41, 5.74) is 2.41. The molecule has 66 heavy (non-hydrogen) atoms. The van der Waals surface area contributed by atoms with Gasteiger partial charge in [0.25, 0.3) is 41.9 Å². The van der Waals surface area contributed by atoms with E-state index in [1.165, 1.54) is 35.6 Å². The number of carbonyl (C=O) groups excluding carboxylic acids is 4. The summed E-state index contributed by atoms with van der Waals surface area (Å²) in [7, 11) is -12.1. The van der Waals surface area contributed by atoms with Gasteiger partial charge in [-0.1, -0.05) is 87.4 Å². The monoisotopic (exact) mass is 975 g/mol. The van der Waals surface area contributed by atoms with E-state index in [4.69, 9.17) is 4.74 Å². The van der Waals surface area contributed by atoms with Crippen LogP contribution in [0.3, 0.4) is 0 Å². The Hall–Kier alpha value is -6.35. The van der Waals surface area contributed by atoms with Crippen molar-refractivity contribution >= 4 is 96.4 Å². The molecule has 0 saturated heterocycles. The van der Waals surface area contributed by atoms with Crippen LogP contribution in [0.25, 0.3) is 19.9 Å². The van der Waals surface area contributed by atoms with E-state index in [0.29, 0.717) is 53.2 Å². The second kappa shape index (κ2) is 20.4. The number of benzene rings is 4. The van der Waals surface area contributed by atoms with Gasteiger partial charge in [0.1, 0.15) is 26.1 Å². The molecule has 4 aromatic carbocycles. The van der Waals surface area contributed by atoms with Gasteiger partial charge in [-0.2, -0.15) is 0 Å². The maximum atomic E-state index is 13.4. The highest BCUT2D eigenvalue weighted by molar-refractivity contribution is 8.00. The molecule has 3 amide bonds. The van der Waals surface area contributed by atoms with Crippen LogP contribution in [0.15, 0.2) is 119 Å². The molecule has 0 unspecified atom stereocenters. The van der Waals surface area contributed by atoms with Gasteiger partial charge >= 0.3 is 5.97 Å². The van der Waals surface area contributed by atoms with E-state index in [1.54, 1.807) is 73.7 Å². The van der Waals surface area contributed by atoms with Gasteiger partial charge in [-0.15, -0.1) is 11.3 Å². The number of nitrogens with one attached hydrogen (secondary N) is 3. The minimum absolute atomic E-state index is 0.0245. The van der Waals surface area contributed by atoms with E-state index >= 15 is 0 Å². The highest BCUT2D eigenvalue weighted by Crippen LogP contribution is 2.39. The van der Waals surface area contributed by atoms with Crippen LogP contribution in [0.2, 0.25) is 0 Å². The van der Waals surface area contributed by atoms with Gasteiger partial charge in [0, 0.05) is 36.1 Å². The number of rotatable bonds is 16. The number of hydrogen-bond donors (Lipinski definition) is 3. The number of anilines is 2. The molecule has 3 heterocycles. The largest absolute Gasteiger partial charge is 0.462 e. The molecule has 20 heteroatoms. The Balaban J connectivity index is 0.000000219. The first-order chi connectivity index (χ1) is 31.4. The lowest BCUT2D eigenvalue weighted by Gasteiger charge is -2.16. The molecule has 5 aromatic rings. The van der Waals surface area contributed by atoms with Crippen molar-refractivity contribution in [2.24, 2.45) is 0 Å². The highest BCUT2D eigenvalue weighted by atomic mass is 32.2. The summed E-state index contributed by atoms with van der Waals surface area (Å²) >= 11 is 1.35. The van der Waals surface area contributed by atoms with Crippen LogP contribution in [0.4, 0.5) is 11.4 Å². The van der Waals surface area contributed by atoms with E-state index in [9.17, 15) is 44.4 Å². The Morgan fingerprint density at radius 3 is 1.61 bits per heavy atom. The van der Waals surface area contributed by atoms with Gasteiger partial charge in [-0.05, 0) is 91.2 Å². The quantitative estimate of drug-likeness (QED) is 0.0821.